The quantitative estimate of drug-likeness (QED) is 0.645. The Kier molecular flexibility index (Phi) is 4.39. The number of fused-ring (bicyclic) bond motifs is 2. The van der Waals surface area contributed by atoms with Gasteiger partial charge in [-0.15, -0.1) is 0 Å². The number of pyridine rings is 1. The Balaban J connectivity index is 1.58. The highest BCUT2D eigenvalue weighted by Crippen LogP contribution is 2.33. The molecular weight excluding hydrogens is 352 g/mol. The number of carbonyl (C=O) groups excluding carboxylic acids is 1. The highest BCUT2D eigenvalue weighted by Gasteiger charge is 2.18. The summed E-state index contributed by atoms with van der Waals surface area (Å²) in [5, 5.41) is 1.33. The van der Waals surface area contributed by atoms with Crippen LogP contribution in [0.3, 0.4) is 0 Å². The van der Waals surface area contributed by atoms with Gasteiger partial charge in [0.2, 0.25) is 6.79 Å². The number of nitrogens with zero attached hydrogens (tertiary/aromatic N) is 2. The molecule has 4 rings (SSSR count). The molecule has 0 atom stereocenters. The van der Waals surface area contributed by atoms with Crippen molar-refractivity contribution in [1.29, 1.82) is 0 Å². The molecule has 2 aromatic carbocycles. The third-order valence-corrected chi connectivity index (χ3v) is 4.59. The zero-order chi connectivity index (χ0) is 18.1. The molecule has 3 aromatic rings. The molecule has 0 spiro atoms. The lowest BCUT2D eigenvalue weighted by molar-refractivity contribution is 0.0752. The van der Waals surface area contributed by atoms with Crippen molar-refractivity contribution >= 4 is 28.4 Å². The summed E-state index contributed by atoms with van der Waals surface area (Å²) in [5.74, 6) is 1.44. The van der Waals surface area contributed by atoms with Crippen molar-refractivity contribution in [2.75, 3.05) is 13.3 Å². The lowest BCUT2D eigenvalue weighted by Gasteiger charge is -2.21. The Bertz CT molecular complexity index is 990. The Hall–Kier alpha value is -2.79. The van der Waals surface area contributed by atoms with Gasteiger partial charge in [0.1, 0.15) is 5.15 Å². The molecule has 0 unspecified atom stereocenters. The molecule has 0 radical (unpaired) electrons. The minimum atomic E-state index is -0.0259. The fourth-order valence-electron chi connectivity index (χ4n) is 3.00. The second-order valence-electron chi connectivity index (χ2n) is 6.05. The van der Waals surface area contributed by atoms with Crippen LogP contribution in [-0.2, 0) is 6.54 Å². The normalized spacial score (nSPS) is 12.4. The second-order valence-corrected chi connectivity index (χ2v) is 6.44. The van der Waals surface area contributed by atoms with Crippen LogP contribution in [0, 0.1) is 0 Å². The van der Waals surface area contributed by atoms with Crippen molar-refractivity contribution in [3.05, 3.63) is 64.8 Å². The minimum absolute atomic E-state index is 0.0259. The molecule has 26 heavy (non-hydrogen) atoms. The summed E-state index contributed by atoms with van der Waals surface area (Å²) < 4.78 is 10.7. The first kappa shape index (κ1) is 16.7. The molecule has 1 aliphatic rings. The van der Waals surface area contributed by atoms with Gasteiger partial charge < -0.3 is 14.4 Å². The van der Waals surface area contributed by atoms with Gasteiger partial charge in [-0.3, -0.25) is 4.79 Å². The maximum Gasteiger partial charge on any atom is 0.254 e. The van der Waals surface area contributed by atoms with E-state index in [9.17, 15) is 4.79 Å². The van der Waals surface area contributed by atoms with Crippen molar-refractivity contribution in [3.8, 4) is 11.5 Å². The summed E-state index contributed by atoms with van der Waals surface area (Å²) in [7, 11) is 0. The van der Waals surface area contributed by atoms with Crippen LogP contribution >= 0.6 is 11.6 Å². The standard InChI is InChI=1S/C20H17ClN2O3/c1-2-23(11-13-3-7-17-18(9-13)26-12-25-17)20(24)15-4-6-16-14(10-15)5-8-19(21)22-16/h3-10H,2,11-12H2,1H3. The van der Waals surface area contributed by atoms with Crippen molar-refractivity contribution in [2.24, 2.45) is 0 Å². The number of amides is 1. The van der Waals surface area contributed by atoms with Gasteiger partial charge in [0.25, 0.3) is 5.91 Å². The molecule has 0 aliphatic carbocycles. The maximum atomic E-state index is 12.9. The largest absolute Gasteiger partial charge is 0.454 e. The Morgan fingerprint density at radius 1 is 1.12 bits per heavy atom. The van der Waals surface area contributed by atoms with Gasteiger partial charge in [0.05, 0.1) is 5.52 Å². The number of benzene rings is 2. The van der Waals surface area contributed by atoms with Gasteiger partial charge in [-0.1, -0.05) is 17.7 Å². The van der Waals surface area contributed by atoms with Crippen LogP contribution in [0.4, 0.5) is 0 Å². The minimum Gasteiger partial charge on any atom is -0.454 e. The molecule has 0 bridgehead atoms. The highest BCUT2D eigenvalue weighted by molar-refractivity contribution is 6.29. The number of carbonyl (C=O) groups is 1. The average molecular weight is 369 g/mol. The van der Waals surface area contributed by atoms with Crippen LogP contribution in [0.15, 0.2) is 48.5 Å². The first-order chi connectivity index (χ1) is 12.6. The van der Waals surface area contributed by atoms with Gasteiger partial charge >= 0.3 is 0 Å². The van der Waals surface area contributed by atoms with E-state index in [2.05, 4.69) is 4.98 Å². The van der Waals surface area contributed by atoms with Crippen LogP contribution in [0.1, 0.15) is 22.8 Å². The fraction of sp³-hybridized carbons (Fsp3) is 0.200. The molecule has 5 nitrogen and oxygen atoms in total. The van der Waals surface area contributed by atoms with E-state index in [1.165, 1.54) is 0 Å². The van der Waals surface area contributed by atoms with Gasteiger partial charge in [-0.2, -0.15) is 0 Å². The van der Waals surface area contributed by atoms with E-state index in [4.69, 9.17) is 21.1 Å². The number of hydrogen-bond donors (Lipinski definition) is 0. The SMILES string of the molecule is CCN(Cc1ccc2c(c1)OCO2)C(=O)c1ccc2nc(Cl)ccc2c1. The van der Waals surface area contributed by atoms with Gasteiger partial charge in [0, 0.05) is 24.0 Å². The lowest BCUT2D eigenvalue weighted by Crippen LogP contribution is -2.30. The summed E-state index contributed by atoms with van der Waals surface area (Å²) in [6.07, 6.45) is 0. The van der Waals surface area contributed by atoms with E-state index >= 15 is 0 Å². The topological polar surface area (TPSA) is 51.7 Å². The molecule has 2 heterocycles. The second kappa shape index (κ2) is 6.84. The van der Waals surface area contributed by atoms with E-state index in [0.717, 1.165) is 28.0 Å². The first-order valence-electron chi connectivity index (χ1n) is 8.38. The summed E-state index contributed by atoms with van der Waals surface area (Å²) in [5.41, 5.74) is 2.40. The zero-order valence-electron chi connectivity index (χ0n) is 14.2. The first-order valence-corrected chi connectivity index (χ1v) is 8.76. The summed E-state index contributed by atoms with van der Waals surface area (Å²) in [6.45, 7) is 3.31. The van der Waals surface area contributed by atoms with Gasteiger partial charge in [0.15, 0.2) is 11.5 Å². The van der Waals surface area contributed by atoms with E-state index in [1.54, 1.807) is 17.0 Å². The van der Waals surface area contributed by atoms with Crippen LogP contribution in [0.25, 0.3) is 10.9 Å². The van der Waals surface area contributed by atoms with Crippen LogP contribution in [0.5, 0.6) is 11.5 Å². The number of rotatable bonds is 4. The summed E-state index contributed by atoms with van der Waals surface area (Å²) in [6, 6.07) is 14.8. The van der Waals surface area contributed by atoms with Gasteiger partial charge in [-0.05, 0) is 55.0 Å². The van der Waals surface area contributed by atoms with E-state index in [-0.39, 0.29) is 12.7 Å². The Morgan fingerprint density at radius 2 is 1.96 bits per heavy atom. The van der Waals surface area contributed by atoms with Crippen molar-refractivity contribution in [3.63, 3.8) is 0 Å². The summed E-state index contributed by atoms with van der Waals surface area (Å²) >= 11 is 5.92. The number of ether oxygens (including phenoxy) is 2. The molecule has 6 heteroatoms. The monoisotopic (exact) mass is 368 g/mol. The predicted molar refractivity (Wildman–Crippen MR) is 99.7 cm³/mol. The molecule has 0 N–H and O–H groups in total. The maximum absolute atomic E-state index is 12.9. The average Bonchev–Trinajstić information content (AvgIpc) is 3.13. The Morgan fingerprint density at radius 3 is 2.81 bits per heavy atom. The molecule has 132 valence electrons. The smallest absolute Gasteiger partial charge is 0.254 e. The molecule has 0 saturated carbocycles. The molecule has 0 fully saturated rings. The molecule has 1 aromatic heterocycles. The van der Waals surface area contributed by atoms with Crippen LogP contribution in [-0.4, -0.2) is 29.1 Å². The van der Waals surface area contributed by atoms with Crippen molar-refractivity contribution in [1.82, 2.24) is 9.88 Å². The van der Waals surface area contributed by atoms with Crippen LogP contribution < -0.4 is 9.47 Å². The fourth-order valence-corrected chi connectivity index (χ4v) is 3.16. The van der Waals surface area contributed by atoms with E-state index < -0.39 is 0 Å². The number of aromatic nitrogens is 1. The van der Waals surface area contributed by atoms with Crippen LogP contribution in [0.2, 0.25) is 5.15 Å². The molecule has 0 saturated heterocycles. The number of halogens is 1. The molecular formula is C20H17ClN2O3. The van der Waals surface area contributed by atoms with Crippen molar-refractivity contribution in [2.45, 2.75) is 13.5 Å². The van der Waals surface area contributed by atoms with E-state index in [1.807, 2.05) is 43.3 Å². The number of hydrogen-bond acceptors (Lipinski definition) is 4. The third-order valence-electron chi connectivity index (χ3n) is 4.38. The molecule has 1 aliphatic heterocycles. The van der Waals surface area contributed by atoms with Crippen molar-refractivity contribution < 1.29 is 14.3 Å². The summed E-state index contributed by atoms with van der Waals surface area (Å²) in [4.78, 5) is 19.0. The zero-order valence-corrected chi connectivity index (χ0v) is 15.0. The highest BCUT2D eigenvalue weighted by atomic mass is 35.5. The van der Waals surface area contributed by atoms with Gasteiger partial charge in [-0.25, -0.2) is 4.98 Å². The molecule has 1 amide bonds. The predicted octanol–water partition coefficient (Wildman–Crippen LogP) is 4.28. The van der Waals surface area contributed by atoms with E-state index in [0.29, 0.717) is 23.8 Å². The Labute approximate surface area is 156 Å². The lowest BCUT2D eigenvalue weighted by atomic mass is 10.1. The third kappa shape index (κ3) is 3.18.